The van der Waals surface area contributed by atoms with E-state index in [1.165, 1.54) is 6.07 Å². The third kappa shape index (κ3) is 2.80. The van der Waals surface area contributed by atoms with Crippen LogP contribution in [0.25, 0.3) is 0 Å². The predicted molar refractivity (Wildman–Crippen MR) is 72.4 cm³/mol. The average molecular weight is 297 g/mol. The van der Waals surface area contributed by atoms with Crippen LogP contribution in [0.3, 0.4) is 0 Å². The minimum atomic E-state index is -0.868. The summed E-state index contributed by atoms with van der Waals surface area (Å²) in [6.45, 7) is 2.13. The molecule has 0 N–H and O–H groups in total. The van der Waals surface area contributed by atoms with Gasteiger partial charge in [-0.15, -0.1) is 0 Å². The quantitative estimate of drug-likeness (QED) is 0.623. The molecule has 0 saturated carbocycles. The van der Waals surface area contributed by atoms with Crippen molar-refractivity contribution in [3.8, 4) is 5.75 Å². The standard InChI is InChI=1S/C15H11ClF2O2/c1-2-20-14-6-4-3-5-9(14)15(19)10-7-13(18)11(16)8-12(10)17/h3-8H,2H2,1H3. The summed E-state index contributed by atoms with van der Waals surface area (Å²) < 4.78 is 32.5. The van der Waals surface area contributed by atoms with Crippen molar-refractivity contribution >= 4 is 17.4 Å². The molecule has 0 aliphatic carbocycles. The molecule has 20 heavy (non-hydrogen) atoms. The van der Waals surface area contributed by atoms with Gasteiger partial charge in [0.1, 0.15) is 17.4 Å². The maximum Gasteiger partial charge on any atom is 0.199 e. The van der Waals surface area contributed by atoms with Gasteiger partial charge in [-0.1, -0.05) is 23.7 Å². The summed E-state index contributed by atoms with van der Waals surface area (Å²) in [6, 6.07) is 8.00. The maximum absolute atomic E-state index is 13.8. The van der Waals surface area contributed by atoms with Crippen molar-refractivity contribution in [2.24, 2.45) is 0 Å². The summed E-state index contributed by atoms with van der Waals surface area (Å²) in [7, 11) is 0. The van der Waals surface area contributed by atoms with Gasteiger partial charge in [0, 0.05) is 0 Å². The predicted octanol–water partition coefficient (Wildman–Crippen LogP) is 4.25. The number of rotatable bonds is 4. The van der Waals surface area contributed by atoms with E-state index in [4.69, 9.17) is 16.3 Å². The van der Waals surface area contributed by atoms with Gasteiger partial charge >= 0.3 is 0 Å². The lowest BCUT2D eigenvalue weighted by molar-refractivity contribution is 0.103. The molecular formula is C15H11ClF2O2. The molecule has 0 fully saturated rings. The van der Waals surface area contributed by atoms with Crippen LogP contribution in [0.5, 0.6) is 5.75 Å². The van der Waals surface area contributed by atoms with E-state index in [1.54, 1.807) is 25.1 Å². The highest BCUT2D eigenvalue weighted by Gasteiger charge is 2.20. The van der Waals surface area contributed by atoms with E-state index >= 15 is 0 Å². The third-order valence-electron chi connectivity index (χ3n) is 2.69. The number of benzene rings is 2. The monoisotopic (exact) mass is 296 g/mol. The minimum absolute atomic E-state index is 0.176. The molecule has 2 rings (SSSR count). The Hall–Kier alpha value is -1.94. The molecule has 0 aliphatic heterocycles. The zero-order valence-electron chi connectivity index (χ0n) is 10.6. The molecule has 0 spiro atoms. The third-order valence-corrected chi connectivity index (χ3v) is 2.98. The first-order chi connectivity index (χ1) is 9.54. The molecule has 0 bridgehead atoms. The number of carbonyl (C=O) groups is 1. The first kappa shape index (κ1) is 14.5. The van der Waals surface area contributed by atoms with Gasteiger partial charge in [-0.25, -0.2) is 8.78 Å². The van der Waals surface area contributed by atoms with Crippen LogP contribution in [0.1, 0.15) is 22.8 Å². The summed E-state index contributed by atoms with van der Waals surface area (Å²) >= 11 is 5.47. The van der Waals surface area contributed by atoms with Gasteiger partial charge in [0.25, 0.3) is 0 Å². The normalized spacial score (nSPS) is 10.4. The van der Waals surface area contributed by atoms with Crippen molar-refractivity contribution in [1.82, 2.24) is 0 Å². The van der Waals surface area contributed by atoms with E-state index in [0.29, 0.717) is 12.4 Å². The minimum Gasteiger partial charge on any atom is -0.493 e. The molecule has 0 amide bonds. The zero-order valence-corrected chi connectivity index (χ0v) is 11.4. The number of ketones is 1. The Morgan fingerprint density at radius 1 is 1.15 bits per heavy atom. The lowest BCUT2D eigenvalue weighted by Crippen LogP contribution is -2.08. The van der Waals surface area contributed by atoms with Crippen molar-refractivity contribution in [2.75, 3.05) is 6.61 Å². The Bertz CT molecular complexity index is 656. The van der Waals surface area contributed by atoms with Crippen molar-refractivity contribution in [3.63, 3.8) is 0 Å². The van der Waals surface area contributed by atoms with E-state index in [1.807, 2.05) is 0 Å². The van der Waals surface area contributed by atoms with Gasteiger partial charge in [0.15, 0.2) is 5.78 Å². The Balaban J connectivity index is 2.49. The maximum atomic E-state index is 13.8. The Kier molecular flexibility index (Phi) is 4.35. The number of para-hydroxylation sites is 1. The molecule has 104 valence electrons. The Labute approximate surface area is 119 Å². The second-order valence-electron chi connectivity index (χ2n) is 4.00. The molecule has 0 unspecified atom stereocenters. The van der Waals surface area contributed by atoms with Crippen LogP contribution in [0.2, 0.25) is 5.02 Å². The van der Waals surface area contributed by atoms with Gasteiger partial charge in [-0.2, -0.15) is 0 Å². The second-order valence-corrected chi connectivity index (χ2v) is 4.41. The van der Waals surface area contributed by atoms with E-state index in [2.05, 4.69) is 0 Å². The molecule has 0 atom stereocenters. The lowest BCUT2D eigenvalue weighted by atomic mass is 10.0. The summed E-state index contributed by atoms with van der Waals surface area (Å²) in [5, 5.41) is -0.364. The summed E-state index contributed by atoms with van der Waals surface area (Å²) in [4.78, 5) is 12.3. The van der Waals surface area contributed by atoms with E-state index in [-0.39, 0.29) is 16.1 Å². The molecule has 0 radical (unpaired) electrons. The van der Waals surface area contributed by atoms with Crippen LogP contribution in [-0.2, 0) is 0 Å². The fraction of sp³-hybridized carbons (Fsp3) is 0.133. The molecule has 2 nitrogen and oxygen atoms in total. The molecule has 0 aliphatic rings. The number of halogens is 3. The SMILES string of the molecule is CCOc1ccccc1C(=O)c1cc(F)c(Cl)cc1F. The van der Waals surface area contributed by atoms with Crippen LogP contribution in [0.4, 0.5) is 8.78 Å². The van der Waals surface area contributed by atoms with Crippen LogP contribution < -0.4 is 4.74 Å². The summed E-state index contributed by atoms with van der Waals surface area (Å²) in [6.07, 6.45) is 0. The fourth-order valence-electron chi connectivity index (χ4n) is 1.78. The van der Waals surface area contributed by atoms with Gasteiger partial charge in [0.05, 0.1) is 22.8 Å². The lowest BCUT2D eigenvalue weighted by Gasteiger charge is -2.10. The highest BCUT2D eigenvalue weighted by atomic mass is 35.5. The smallest absolute Gasteiger partial charge is 0.199 e. The second kappa shape index (κ2) is 6.01. The average Bonchev–Trinajstić information content (AvgIpc) is 2.43. The number of ether oxygens (including phenoxy) is 1. The summed E-state index contributed by atoms with van der Waals surface area (Å²) in [5.41, 5.74) is -0.200. The Morgan fingerprint density at radius 2 is 1.85 bits per heavy atom. The molecule has 2 aromatic rings. The zero-order chi connectivity index (χ0) is 14.7. The number of carbonyl (C=O) groups excluding carboxylic acids is 1. The molecular weight excluding hydrogens is 286 g/mol. The molecule has 0 saturated heterocycles. The highest BCUT2D eigenvalue weighted by molar-refractivity contribution is 6.31. The van der Waals surface area contributed by atoms with Gasteiger partial charge in [0.2, 0.25) is 0 Å². The van der Waals surface area contributed by atoms with Crippen LogP contribution in [0.15, 0.2) is 36.4 Å². The highest BCUT2D eigenvalue weighted by Crippen LogP contribution is 2.25. The largest absolute Gasteiger partial charge is 0.493 e. The topological polar surface area (TPSA) is 26.3 Å². The Morgan fingerprint density at radius 3 is 2.55 bits per heavy atom. The number of hydrogen-bond donors (Lipinski definition) is 0. The van der Waals surface area contributed by atoms with E-state index in [0.717, 1.165) is 12.1 Å². The van der Waals surface area contributed by atoms with Crippen LogP contribution in [-0.4, -0.2) is 12.4 Å². The molecule has 0 aromatic heterocycles. The molecule has 2 aromatic carbocycles. The molecule has 5 heteroatoms. The van der Waals surface area contributed by atoms with Gasteiger partial charge in [-0.3, -0.25) is 4.79 Å². The van der Waals surface area contributed by atoms with Gasteiger partial charge in [-0.05, 0) is 31.2 Å². The number of hydrogen-bond acceptors (Lipinski definition) is 2. The van der Waals surface area contributed by atoms with Crippen LogP contribution in [0, 0.1) is 11.6 Å². The summed E-state index contributed by atoms with van der Waals surface area (Å²) in [5.74, 6) is -2.03. The van der Waals surface area contributed by atoms with E-state index < -0.39 is 17.4 Å². The first-order valence-electron chi connectivity index (χ1n) is 5.95. The van der Waals surface area contributed by atoms with Crippen molar-refractivity contribution in [3.05, 3.63) is 64.2 Å². The van der Waals surface area contributed by atoms with Crippen molar-refractivity contribution < 1.29 is 18.3 Å². The van der Waals surface area contributed by atoms with Crippen LogP contribution >= 0.6 is 11.6 Å². The van der Waals surface area contributed by atoms with Gasteiger partial charge < -0.3 is 4.74 Å². The first-order valence-corrected chi connectivity index (χ1v) is 6.33. The van der Waals surface area contributed by atoms with Crippen molar-refractivity contribution in [1.29, 1.82) is 0 Å². The fourth-order valence-corrected chi connectivity index (χ4v) is 1.93. The van der Waals surface area contributed by atoms with Crippen molar-refractivity contribution in [2.45, 2.75) is 6.92 Å². The van der Waals surface area contributed by atoms with E-state index in [9.17, 15) is 13.6 Å². The molecule has 0 heterocycles.